The van der Waals surface area contributed by atoms with Crippen LogP contribution in [0.25, 0.3) is 0 Å². The van der Waals surface area contributed by atoms with Gasteiger partial charge in [-0.2, -0.15) is 0 Å². The summed E-state index contributed by atoms with van der Waals surface area (Å²) in [5.41, 5.74) is 2.08. The lowest BCUT2D eigenvalue weighted by molar-refractivity contribution is -0.141. The quantitative estimate of drug-likeness (QED) is 0.515. The van der Waals surface area contributed by atoms with Gasteiger partial charge in [0, 0.05) is 18.1 Å². The minimum absolute atomic E-state index is 0.0645. The number of halogens is 2. The number of nitrogens with zero attached hydrogens (tertiary/aromatic N) is 1. The van der Waals surface area contributed by atoms with E-state index in [0.717, 1.165) is 5.56 Å². The van der Waals surface area contributed by atoms with E-state index in [0.29, 0.717) is 16.1 Å². The Morgan fingerprint density at radius 2 is 1.56 bits per heavy atom. The van der Waals surface area contributed by atoms with E-state index in [1.165, 1.54) is 17.0 Å². The Labute approximate surface area is 191 Å². The Morgan fingerprint density at radius 3 is 2.19 bits per heavy atom. The van der Waals surface area contributed by atoms with Gasteiger partial charge in [-0.05, 0) is 41.0 Å². The average Bonchev–Trinajstić information content (AvgIpc) is 2.80. The van der Waals surface area contributed by atoms with Crippen molar-refractivity contribution in [3.8, 4) is 0 Å². The fourth-order valence-corrected chi connectivity index (χ4v) is 3.50. The van der Waals surface area contributed by atoms with Crippen molar-refractivity contribution in [3.05, 3.63) is 106 Å². The van der Waals surface area contributed by atoms with E-state index in [1.807, 2.05) is 6.07 Å². The van der Waals surface area contributed by atoms with Crippen LogP contribution in [0.15, 0.2) is 78.9 Å². The van der Waals surface area contributed by atoms with Crippen LogP contribution in [-0.4, -0.2) is 35.0 Å². The molecular weight excluding hydrogens is 431 g/mol. The third-order valence-corrected chi connectivity index (χ3v) is 5.19. The first kappa shape index (κ1) is 23.4. The Hall–Kier alpha value is -3.22. The summed E-state index contributed by atoms with van der Waals surface area (Å²) in [6.07, 6.45) is 0.0645. The Bertz CT molecular complexity index is 1030. The summed E-state index contributed by atoms with van der Waals surface area (Å²) in [6, 6.07) is 20.8. The van der Waals surface area contributed by atoms with Crippen LogP contribution in [0.4, 0.5) is 4.39 Å². The van der Waals surface area contributed by atoms with Gasteiger partial charge in [0.1, 0.15) is 11.9 Å². The predicted molar refractivity (Wildman–Crippen MR) is 121 cm³/mol. The molecule has 0 saturated carbocycles. The van der Waals surface area contributed by atoms with Crippen molar-refractivity contribution in [2.24, 2.45) is 0 Å². The second kappa shape index (κ2) is 11.4. The smallest absolute Gasteiger partial charge is 0.247 e. The second-order valence-corrected chi connectivity index (χ2v) is 7.72. The van der Waals surface area contributed by atoms with Crippen molar-refractivity contribution in [3.63, 3.8) is 0 Å². The van der Waals surface area contributed by atoms with Gasteiger partial charge >= 0.3 is 0 Å². The highest BCUT2D eigenvalue weighted by Gasteiger charge is 2.31. The summed E-state index contributed by atoms with van der Waals surface area (Å²) in [6.45, 7) is -0.0410. The van der Waals surface area contributed by atoms with Crippen molar-refractivity contribution in [2.45, 2.75) is 19.0 Å². The molecule has 0 heterocycles. The first-order chi connectivity index (χ1) is 15.5. The molecule has 2 amide bonds. The zero-order valence-corrected chi connectivity index (χ0v) is 18.1. The normalized spacial score (nSPS) is 11.6. The lowest BCUT2D eigenvalue weighted by Crippen LogP contribution is -2.44. The number of nitrogens with one attached hydrogen (secondary N) is 1. The number of hydrogen-bond acceptors (Lipinski definition) is 3. The molecule has 0 spiro atoms. The molecule has 0 aliphatic carbocycles. The largest absolute Gasteiger partial charge is 0.395 e. The SMILES string of the molecule is O=C(NCCO)C(c1ccccc1)N(Cc1ccc(F)cc1)C(=O)Cc1ccc(Cl)cc1. The molecule has 0 bridgehead atoms. The minimum atomic E-state index is -0.924. The van der Waals surface area contributed by atoms with Gasteiger partial charge in [-0.25, -0.2) is 4.39 Å². The molecule has 2 N–H and O–H groups in total. The van der Waals surface area contributed by atoms with Crippen LogP contribution >= 0.6 is 11.6 Å². The van der Waals surface area contributed by atoms with Gasteiger partial charge in [0.05, 0.1) is 13.0 Å². The van der Waals surface area contributed by atoms with Gasteiger partial charge in [0.25, 0.3) is 0 Å². The molecule has 0 aliphatic heterocycles. The number of hydrogen-bond donors (Lipinski definition) is 2. The number of rotatable bonds is 9. The first-order valence-electron chi connectivity index (χ1n) is 10.2. The molecule has 0 saturated heterocycles. The lowest BCUT2D eigenvalue weighted by atomic mass is 10.0. The summed E-state index contributed by atoms with van der Waals surface area (Å²) >= 11 is 5.95. The van der Waals surface area contributed by atoms with Crippen molar-refractivity contribution in [1.29, 1.82) is 0 Å². The predicted octanol–water partition coefficient (Wildman–Crippen LogP) is 3.90. The van der Waals surface area contributed by atoms with Crippen LogP contribution in [0.2, 0.25) is 5.02 Å². The molecule has 1 atom stereocenters. The summed E-state index contributed by atoms with van der Waals surface area (Å²) in [5.74, 6) is -1.06. The van der Waals surface area contributed by atoms with Crippen molar-refractivity contribution < 1.29 is 19.1 Å². The number of aliphatic hydroxyl groups is 1. The van der Waals surface area contributed by atoms with Gasteiger partial charge in [-0.1, -0.05) is 66.2 Å². The van der Waals surface area contributed by atoms with E-state index < -0.39 is 11.9 Å². The molecule has 0 aliphatic rings. The van der Waals surface area contributed by atoms with Gasteiger partial charge in [0.15, 0.2) is 0 Å². The summed E-state index contributed by atoms with van der Waals surface area (Å²) in [4.78, 5) is 28.0. The number of benzene rings is 3. The highest BCUT2D eigenvalue weighted by atomic mass is 35.5. The summed E-state index contributed by atoms with van der Waals surface area (Å²) in [7, 11) is 0. The maximum absolute atomic E-state index is 13.5. The fourth-order valence-electron chi connectivity index (χ4n) is 3.37. The molecule has 3 rings (SSSR count). The maximum Gasteiger partial charge on any atom is 0.247 e. The van der Waals surface area contributed by atoms with Crippen LogP contribution < -0.4 is 5.32 Å². The number of aliphatic hydroxyl groups excluding tert-OH is 1. The lowest BCUT2D eigenvalue weighted by Gasteiger charge is -2.32. The molecule has 5 nitrogen and oxygen atoms in total. The minimum Gasteiger partial charge on any atom is -0.395 e. The zero-order chi connectivity index (χ0) is 22.9. The molecule has 3 aromatic rings. The van der Waals surface area contributed by atoms with Crippen LogP contribution in [0.1, 0.15) is 22.7 Å². The Balaban J connectivity index is 1.97. The maximum atomic E-state index is 13.5. The molecule has 32 heavy (non-hydrogen) atoms. The van der Waals surface area contributed by atoms with E-state index in [4.69, 9.17) is 16.7 Å². The molecule has 0 fully saturated rings. The van der Waals surface area contributed by atoms with Gasteiger partial charge in [-0.15, -0.1) is 0 Å². The molecule has 3 aromatic carbocycles. The molecule has 0 aromatic heterocycles. The molecule has 7 heteroatoms. The van der Waals surface area contributed by atoms with E-state index in [1.54, 1.807) is 60.7 Å². The van der Waals surface area contributed by atoms with Gasteiger partial charge in [0.2, 0.25) is 11.8 Å². The first-order valence-corrected chi connectivity index (χ1v) is 10.6. The second-order valence-electron chi connectivity index (χ2n) is 7.28. The third-order valence-electron chi connectivity index (χ3n) is 4.94. The van der Waals surface area contributed by atoms with E-state index in [9.17, 15) is 14.0 Å². The van der Waals surface area contributed by atoms with Gasteiger partial charge in [-0.3, -0.25) is 9.59 Å². The molecule has 166 valence electrons. The molecule has 0 radical (unpaired) electrons. The van der Waals surface area contributed by atoms with Crippen molar-refractivity contribution in [1.82, 2.24) is 10.2 Å². The molecular formula is C25H24ClFN2O3. The van der Waals surface area contributed by atoms with Crippen LogP contribution in [-0.2, 0) is 22.6 Å². The van der Waals surface area contributed by atoms with E-state index in [2.05, 4.69) is 5.32 Å². The van der Waals surface area contributed by atoms with Crippen LogP contribution in [0.5, 0.6) is 0 Å². The molecule has 1 unspecified atom stereocenters. The summed E-state index contributed by atoms with van der Waals surface area (Å²) < 4.78 is 13.4. The standard InChI is InChI=1S/C25H24ClFN2O3/c26-21-10-6-18(7-11-21)16-23(31)29(17-19-8-12-22(27)13-9-19)24(25(32)28-14-15-30)20-4-2-1-3-5-20/h1-13,24,30H,14-17H2,(H,28,32). The highest BCUT2D eigenvalue weighted by molar-refractivity contribution is 6.30. The zero-order valence-electron chi connectivity index (χ0n) is 17.4. The average molecular weight is 455 g/mol. The Morgan fingerprint density at radius 1 is 0.938 bits per heavy atom. The number of carbonyl (C=O) groups excluding carboxylic acids is 2. The van der Waals surface area contributed by atoms with Crippen molar-refractivity contribution in [2.75, 3.05) is 13.2 Å². The number of amides is 2. The van der Waals surface area contributed by atoms with Crippen LogP contribution in [0, 0.1) is 5.82 Å². The van der Waals surface area contributed by atoms with Crippen molar-refractivity contribution >= 4 is 23.4 Å². The topological polar surface area (TPSA) is 69.6 Å². The summed E-state index contributed by atoms with van der Waals surface area (Å²) in [5, 5.41) is 12.4. The Kier molecular flexibility index (Phi) is 8.36. The van der Waals surface area contributed by atoms with E-state index in [-0.39, 0.29) is 37.8 Å². The van der Waals surface area contributed by atoms with E-state index >= 15 is 0 Å². The highest BCUT2D eigenvalue weighted by Crippen LogP contribution is 2.25. The third kappa shape index (κ3) is 6.39. The number of carbonyl (C=O) groups is 2. The monoisotopic (exact) mass is 454 g/mol. The van der Waals surface area contributed by atoms with Crippen LogP contribution in [0.3, 0.4) is 0 Å². The van der Waals surface area contributed by atoms with Gasteiger partial charge < -0.3 is 15.3 Å². The fraction of sp³-hybridized carbons (Fsp3) is 0.200.